The fraction of sp³-hybridized carbons (Fsp3) is 0.150. The Morgan fingerprint density at radius 3 is 2.58 bits per heavy atom. The average molecular weight is 418 g/mol. The summed E-state index contributed by atoms with van der Waals surface area (Å²) in [7, 11) is 0. The van der Waals surface area contributed by atoms with Crippen LogP contribution in [-0.4, -0.2) is 25.7 Å². The molecule has 3 rings (SSSR count). The number of benzene rings is 3. The van der Waals surface area contributed by atoms with Gasteiger partial charge in [0, 0.05) is 0 Å². The van der Waals surface area contributed by atoms with Gasteiger partial charge in [0.25, 0.3) is 5.91 Å². The molecule has 0 unspecified atom stereocenters. The number of hydrogen-bond donors (Lipinski definition) is 1. The predicted octanol–water partition coefficient (Wildman–Crippen LogP) is 4.32. The highest BCUT2D eigenvalue weighted by atomic mass is 79.9. The van der Waals surface area contributed by atoms with Crippen molar-refractivity contribution in [3.8, 4) is 11.5 Å². The second-order valence-electron chi connectivity index (χ2n) is 5.54. The maximum absolute atomic E-state index is 12.8. The highest BCUT2D eigenvalue weighted by Gasteiger charge is 2.08. The van der Waals surface area contributed by atoms with Gasteiger partial charge in [-0.1, -0.05) is 30.3 Å². The summed E-state index contributed by atoms with van der Waals surface area (Å²) in [6.45, 7) is 0.531. The van der Waals surface area contributed by atoms with Gasteiger partial charge in [0.15, 0.2) is 6.61 Å². The normalized spacial score (nSPS) is 10.5. The topological polar surface area (TPSA) is 47.6 Å². The van der Waals surface area contributed by atoms with E-state index in [1.165, 1.54) is 24.3 Å². The highest BCUT2D eigenvalue weighted by molar-refractivity contribution is 9.10. The van der Waals surface area contributed by atoms with E-state index in [4.69, 9.17) is 9.47 Å². The van der Waals surface area contributed by atoms with E-state index in [1.807, 2.05) is 36.4 Å². The minimum atomic E-state index is -0.317. The first-order valence-corrected chi connectivity index (χ1v) is 8.88. The lowest BCUT2D eigenvalue weighted by Crippen LogP contribution is -2.32. The Kier molecular flexibility index (Phi) is 6.07. The molecule has 0 saturated heterocycles. The lowest BCUT2D eigenvalue weighted by Gasteiger charge is -2.11. The van der Waals surface area contributed by atoms with Crippen LogP contribution in [0.3, 0.4) is 0 Å². The van der Waals surface area contributed by atoms with E-state index in [1.54, 1.807) is 0 Å². The van der Waals surface area contributed by atoms with Crippen LogP contribution in [0, 0.1) is 5.82 Å². The number of hydrogen-bond acceptors (Lipinski definition) is 3. The maximum atomic E-state index is 12.8. The van der Waals surface area contributed by atoms with Crippen LogP contribution in [0.5, 0.6) is 11.5 Å². The first-order valence-electron chi connectivity index (χ1n) is 8.08. The van der Waals surface area contributed by atoms with Crippen LogP contribution in [0.25, 0.3) is 10.8 Å². The predicted molar refractivity (Wildman–Crippen MR) is 102 cm³/mol. The first kappa shape index (κ1) is 18.2. The third kappa shape index (κ3) is 4.73. The van der Waals surface area contributed by atoms with Crippen molar-refractivity contribution < 1.29 is 18.7 Å². The van der Waals surface area contributed by atoms with E-state index >= 15 is 0 Å². The van der Waals surface area contributed by atoms with Crippen LogP contribution in [0.4, 0.5) is 4.39 Å². The standard InChI is InChI=1S/C20H17BrFNO3/c21-20-17-4-2-1-3-14(17)5-10-18(20)26-13-19(24)23-11-12-25-16-8-6-15(22)7-9-16/h1-10H,11-13H2,(H,23,24). The number of nitrogens with one attached hydrogen (secondary N) is 1. The second kappa shape index (κ2) is 8.67. The molecule has 3 aromatic carbocycles. The fourth-order valence-electron chi connectivity index (χ4n) is 2.41. The molecule has 0 saturated carbocycles. The van der Waals surface area contributed by atoms with Gasteiger partial charge in [0.1, 0.15) is 23.9 Å². The lowest BCUT2D eigenvalue weighted by atomic mass is 10.1. The van der Waals surface area contributed by atoms with Gasteiger partial charge >= 0.3 is 0 Å². The molecular formula is C20H17BrFNO3. The molecule has 1 amide bonds. The smallest absolute Gasteiger partial charge is 0.258 e. The van der Waals surface area contributed by atoms with E-state index in [9.17, 15) is 9.18 Å². The molecular weight excluding hydrogens is 401 g/mol. The average Bonchev–Trinajstić information content (AvgIpc) is 2.66. The number of fused-ring (bicyclic) bond motifs is 1. The molecule has 0 radical (unpaired) electrons. The molecule has 6 heteroatoms. The van der Waals surface area contributed by atoms with Crippen molar-refractivity contribution in [2.45, 2.75) is 0 Å². The van der Waals surface area contributed by atoms with Crippen LogP contribution in [-0.2, 0) is 4.79 Å². The van der Waals surface area contributed by atoms with Gasteiger partial charge in [-0.3, -0.25) is 4.79 Å². The third-order valence-electron chi connectivity index (χ3n) is 3.69. The molecule has 134 valence electrons. The van der Waals surface area contributed by atoms with Crippen LogP contribution in [0.2, 0.25) is 0 Å². The Labute approximate surface area is 159 Å². The van der Waals surface area contributed by atoms with Gasteiger partial charge in [0.05, 0.1) is 11.0 Å². The van der Waals surface area contributed by atoms with Gasteiger partial charge in [-0.25, -0.2) is 4.39 Å². The Hall–Kier alpha value is -2.60. The van der Waals surface area contributed by atoms with E-state index in [-0.39, 0.29) is 24.9 Å². The zero-order chi connectivity index (χ0) is 18.4. The number of ether oxygens (including phenoxy) is 2. The lowest BCUT2D eigenvalue weighted by molar-refractivity contribution is -0.123. The van der Waals surface area contributed by atoms with Crippen molar-refractivity contribution in [1.82, 2.24) is 5.32 Å². The zero-order valence-corrected chi connectivity index (χ0v) is 15.5. The van der Waals surface area contributed by atoms with Gasteiger partial charge in [-0.05, 0) is 57.0 Å². The molecule has 0 fully saturated rings. The third-order valence-corrected chi connectivity index (χ3v) is 4.51. The van der Waals surface area contributed by atoms with E-state index in [0.29, 0.717) is 18.0 Å². The molecule has 0 bridgehead atoms. The molecule has 0 atom stereocenters. The Bertz CT molecular complexity index is 899. The molecule has 3 aromatic rings. The summed E-state index contributed by atoms with van der Waals surface area (Å²) in [6.07, 6.45) is 0. The van der Waals surface area contributed by atoms with Crippen LogP contribution in [0.1, 0.15) is 0 Å². The van der Waals surface area contributed by atoms with Crippen molar-refractivity contribution in [2.24, 2.45) is 0 Å². The van der Waals surface area contributed by atoms with Crippen molar-refractivity contribution in [3.05, 3.63) is 71.0 Å². The Morgan fingerprint density at radius 2 is 1.77 bits per heavy atom. The largest absolute Gasteiger partial charge is 0.492 e. The minimum Gasteiger partial charge on any atom is -0.492 e. The van der Waals surface area contributed by atoms with Crippen LogP contribution in [0.15, 0.2) is 65.1 Å². The van der Waals surface area contributed by atoms with Crippen LogP contribution < -0.4 is 14.8 Å². The van der Waals surface area contributed by atoms with E-state index in [2.05, 4.69) is 21.2 Å². The molecule has 0 aromatic heterocycles. The van der Waals surface area contributed by atoms with Crippen molar-refractivity contribution in [3.63, 3.8) is 0 Å². The van der Waals surface area contributed by atoms with Gasteiger partial charge in [0.2, 0.25) is 0 Å². The molecule has 4 nitrogen and oxygen atoms in total. The monoisotopic (exact) mass is 417 g/mol. The minimum absolute atomic E-state index is 0.0898. The Morgan fingerprint density at radius 1 is 1.00 bits per heavy atom. The van der Waals surface area contributed by atoms with Crippen molar-refractivity contribution in [2.75, 3.05) is 19.8 Å². The van der Waals surface area contributed by atoms with Crippen LogP contribution >= 0.6 is 15.9 Å². The van der Waals surface area contributed by atoms with E-state index < -0.39 is 0 Å². The van der Waals surface area contributed by atoms with Crippen molar-refractivity contribution in [1.29, 1.82) is 0 Å². The molecule has 0 spiro atoms. The fourth-order valence-corrected chi connectivity index (χ4v) is 3.02. The summed E-state index contributed by atoms with van der Waals surface area (Å²) in [5, 5.41) is 4.83. The van der Waals surface area contributed by atoms with E-state index in [0.717, 1.165) is 15.2 Å². The molecule has 0 aliphatic heterocycles. The van der Waals surface area contributed by atoms with Gasteiger partial charge < -0.3 is 14.8 Å². The summed E-state index contributed by atoms with van der Waals surface area (Å²) < 4.78 is 24.6. The number of carbonyl (C=O) groups is 1. The number of halogens is 2. The first-order chi connectivity index (χ1) is 12.6. The SMILES string of the molecule is O=C(COc1ccc2ccccc2c1Br)NCCOc1ccc(F)cc1. The molecule has 0 heterocycles. The molecule has 26 heavy (non-hydrogen) atoms. The summed E-state index contributed by atoms with van der Waals surface area (Å²) in [4.78, 5) is 11.9. The van der Waals surface area contributed by atoms with Crippen molar-refractivity contribution >= 4 is 32.6 Å². The number of carbonyl (C=O) groups excluding carboxylic acids is 1. The molecule has 0 aliphatic rings. The summed E-state index contributed by atoms with van der Waals surface area (Å²) in [6, 6.07) is 17.4. The zero-order valence-electron chi connectivity index (χ0n) is 13.9. The maximum Gasteiger partial charge on any atom is 0.258 e. The highest BCUT2D eigenvalue weighted by Crippen LogP contribution is 2.32. The van der Waals surface area contributed by atoms with Gasteiger partial charge in [-0.15, -0.1) is 0 Å². The second-order valence-corrected chi connectivity index (χ2v) is 6.33. The summed E-state index contributed by atoms with van der Waals surface area (Å²) in [5.41, 5.74) is 0. The Balaban J connectivity index is 1.44. The quantitative estimate of drug-likeness (QED) is 0.582. The summed E-state index contributed by atoms with van der Waals surface area (Å²) >= 11 is 3.52. The molecule has 1 N–H and O–H groups in total. The molecule has 0 aliphatic carbocycles. The number of amides is 1. The summed E-state index contributed by atoms with van der Waals surface area (Å²) in [5.74, 6) is 0.605. The van der Waals surface area contributed by atoms with Gasteiger partial charge in [-0.2, -0.15) is 0 Å². The number of rotatable bonds is 7.